The minimum Gasteiger partial charge on any atom is -0.258 e. The Morgan fingerprint density at radius 1 is 1.40 bits per heavy atom. The second-order valence-corrected chi connectivity index (χ2v) is 3.49. The molecule has 7 heteroatoms. The zero-order chi connectivity index (χ0) is 11.6. The molecule has 0 saturated heterocycles. The molecule has 0 aliphatic heterocycles. The number of nitro groups is 1. The fraction of sp³-hybridized carbons (Fsp3) is 0.250. The van der Waals surface area contributed by atoms with Crippen molar-refractivity contribution in [1.82, 2.24) is 0 Å². The van der Waals surface area contributed by atoms with Gasteiger partial charge in [0.05, 0.1) is 10.5 Å². The highest BCUT2D eigenvalue weighted by molar-refractivity contribution is 7.98. The summed E-state index contributed by atoms with van der Waals surface area (Å²) in [7, 11) is 0. The molecule has 0 aliphatic carbocycles. The van der Waals surface area contributed by atoms with Crippen LogP contribution in [0, 0.1) is 10.1 Å². The zero-order valence-corrected chi connectivity index (χ0v) is 8.35. The summed E-state index contributed by atoms with van der Waals surface area (Å²) in [5.74, 6) is 0. The first-order valence-corrected chi connectivity index (χ1v) is 4.98. The number of rotatable bonds is 2. The van der Waals surface area contributed by atoms with E-state index in [1.54, 1.807) is 0 Å². The van der Waals surface area contributed by atoms with E-state index >= 15 is 0 Å². The van der Waals surface area contributed by atoms with Crippen LogP contribution >= 0.6 is 11.8 Å². The molecule has 1 aromatic rings. The number of non-ortho nitro benzene ring substituents is 1. The van der Waals surface area contributed by atoms with Crippen LogP contribution in [0.5, 0.6) is 0 Å². The van der Waals surface area contributed by atoms with Gasteiger partial charge in [0.2, 0.25) is 0 Å². The molecule has 0 atom stereocenters. The lowest BCUT2D eigenvalue weighted by molar-refractivity contribution is -0.385. The monoisotopic (exact) mass is 237 g/mol. The summed E-state index contributed by atoms with van der Waals surface area (Å²) in [5, 5.41) is 10.3. The molecule has 0 radical (unpaired) electrons. The molecule has 0 fully saturated rings. The first-order valence-electron chi connectivity index (χ1n) is 3.76. The van der Waals surface area contributed by atoms with Gasteiger partial charge in [-0.1, -0.05) is 0 Å². The first-order chi connectivity index (χ1) is 6.86. The van der Waals surface area contributed by atoms with Crippen LogP contribution in [0.1, 0.15) is 5.56 Å². The topological polar surface area (TPSA) is 43.1 Å². The predicted octanol–water partition coefficient (Wildman–Crippen LogP) is 3.34. The van der Waals surface area contributed by atoms with E-state index in [1.165, 1.54) is 6.26 Å². The minimum absolute atomic E-state index is 0.0203. The van der Waals surface area contributed by atoms with Gasteiger partial charge in [-0.25, -0.2) is 0 Å². The Balaban J connectivity index is 3.32. The Bertz CT molecular complexity index is 392. The standard InChI is InChI=1S/C8H6F3NO2S/c1-15-7-3-2-5(12(13)14)4-6(7)8(9,10)11/h2-4H,1H3. The van der Waals surface area contributed by atoms with E-state index in [-0.39, 0.29) is 4.90 Å². The summed E-state index contributed by atoms with van der Waals surface area (Å²) in [5.41, 5.74) is -1.52. The second kappa shape index (κ2) is 4.09. The Morgan fingerprint density at radius 2 is 2.00 bits per heavy atom. The Kier molecular flexibility index (Phi) is 3.23. The van der Waals surface area contributed by atoms with Gasteiger partial charge >= 0.3 is 6.18 Å². The van der Waals surface area contributed by atoms with Crippen molar-refractivity contribution >= 4 is 17.4 Å². The molecule has 1 rings (SSSR count). The zero-order valence-electron chi connectivity index (χ0n) is 7.54. The average Bonchev–Trinajstić information content (AvgIpc) is 2.15. The van der Waals surface area contributed by atoms with Crippen molar-refractivity contribution in [2.75, 3.05) is 6.26 Å². The van der Waals surface area contributed by atoms with Crippen LogP contribution in [0.3, 0.4) is 0 Å². The van der Waals surface area contributed by atoms with Crippen LogP contribution in [0.15, 0.2) is 23.1 Å². The highest BCUT2D eigenvalue weighted by atomic mass is 32.2. The number of halogens is 3. The van der Waals surface area contributed by atoms with E-state index < -0.39 is 22.4 Å². The molecule has 15 heavy (non-hydrogen) atoms. The van der Waals surface area contributed by atoms with E-state index in [4.69, 9.17) is 0 Å². The summed E-state index contributed by atoms with van der Waals surface area (Å²) in [6.07, 6.45) is -3.08. The summed E-state index contributed by atoms with van der Waals surface area (Å²) in [6, 6.07) is 2.71. The Hall–Kier alpha value is -1.24. The van der Waals surface area contributed by atoms with Crippen LogP contribution < -0.4 is 0 Å². The number of hydrogen-bond donors (Lipinski definition) is 0. The van der Waals surface area contributed by atoms with E-state index in [1.807, 2.05) is 0 Å². The quantitative estimate of drug-likeness (QED) is 0.450. The molecular weight excluding hydrogens is 231 g/mol. The molecule has 0 saturated carbocycles. The normalized spacial score (nSPS) is 11.5. The van der Waals surface area contributed by atoms with Gasteiger partial charge in [-0.2, -0.15) is 13.2 Å². The first kappa shape index (κ1) is 11.8. The van der Waals surface area contributed by atoms with Gasteiger partial charge in [0.15, 0.2) is 0 Å². The van der Waals surface area contributed by atoms with Crippen LogP contribution in [-0.4, -0.2) is 11.2 Å². The fourth-order valence-electron chi connectivity index (χ4n) is 1.03. The highest BCUT2D eigenvalue weighted by Gasteiger charge is 2.34. The van der Waals surface area contributed by atoms with Gasteiger partial charge in [-0.15, -0.1) is 11.8 Å². The summed E-state index contributed by atoms with van der Waals surface area (Å²) in [6.45, 7) is 0. The Morgan fingerprint density at radius 3 is 2.40 bits per heavy atom. The third-order valence-electron chi connectivity index (χ3n) is 1.70. The smallest absolute Gasteiger partial charge is 0.258 e. The van der Waals surface area contributed by atoms with Crippen molar-refractivity contribution < 1.29 is 18.1 Å². The molecule has 1 aromatic carbocycles. The number of benzene rings is 1. The van der Waals surface area contributed by atoms with Crippen LogP contribution in [-0.2, 0) is 6.18 Å². The largest absolute Gasteiger partial charge is 0.417 e. The second-order valence-electron chi connectivity index (χ2n) is 2.64. The van der Waals surface area contributed by atoms with Crippen LogP contribution in [0.25, 0.3) is 0 Å². The predicted molar refractivity (Wildman–Crippen MR) is 49.9 cm³/mol. The number of nitrogens with zero attached hydrogens (tertiary/aromatic N) is 1. The third kappa shape index (κ3) is 2.62. The maximum absolute atomic E-state index is 12.4. The van der Waals surface area contributed by atoms with Crippen LogP contribution in [0.4, 0.5) is 18.9 Å². The van der Waals surface area contributed by atoms with Crippen molar-refractivity contribution in [3.8, 4) is 0 Å². The van der Waals surface area contributed by atoms with Crippen molar-refractivity contribution in [3.63, 3.8) is 0 Å². The number of nitro benzene ring substituents is 1. The maximum atomic E-state index is 12.4. The van der Waals surface area contributed by atoms with E-state index in [0.717, 1.165) is 23.9 Å². The van der Waals surface area contributed by atoms with E-state index in [2.05, 4.69) is 0 Å². The fourth-order valence-corrected chi connectivity index (χ4v) is 1.63. The SMILES string of the molecule is CSc1ccc([N+](=O)[O-])cc1C(F)(F)F. The molecule has 3 nitrogen and oxygen atoms in total. The maximum Gasteiger partial charge on any atom is 0.417 e. The van der Waals surface area contributed by atoms with Gasteiger partial charge in [-0.3, -0.25) is 10.1 Å². The average molecular weight is 237 g/mol. The summed E-state index contributed by atoms with van der Waals surface area (Å²) in [4.78, 5) is 9.44. The van der Waals surface area contributed by atoms with Crippen molar-refractivity contribution in [2.24, 2.45) is 0 Å². The molecule has 0 unspecified atom stereocenters. The number of hydrogen-bond acceptors (Lipinski definition) is 3. The van der Waals surface area contributed by atoms with Crippen molar-refractivity contribution in [3.05, 3.63) is 33.9 Å². The van der Waals surface area contributed by atoms with Gasteiger partial charge in [0, 0.05) is 17.0 Å². The van der Waals surface area contributed by atoms with Crippen molar-refractivity contribution in [2.45, 2.75) is 11.1 Å². The summed E-state index contributed by atoms with van der Waals surface area (Å²) >= 11 is 0.900. The lowest BCUT2D eigenvalue weighted by Gasteiger charge is -2.10. The molecule has 0 N–H and O–H groups in total. The van der Waals surface area contributed by atoms with Gasteiger partial charge < -0.3 is 0 Å². The molecule has 0 aromatic heterocycles. The van der Waals surface area contributed by atoms with Crippen molar-refractivity contribution in [1.29, 1.82) is 0 Å². The highest BCUT2D eigenvalue weighted by Crippen LogP contribution is 2.37. The molecule has 0 amide bonds. The Labute approximate surface area is 87.4 Å². The molecule has 0 heterocycles. The van der Waals surface area contributed by atoms with Gasteiger partial charge in [0.25, 0.3) is 5.69 Å². The molecule has 0 spiro atoms. The van der Waals surface area contributed by atoms with E-state index in [0.29, 0.717) is 6.07 Å². The third-order valence-corrected chi connectivity index (χ3v) is 2.50. The number of alkyl halides is 3. The molecule has 0 bridgehead atoms. The minimum atomic E-state index is -4.57. The lowest BCUT2D eigenvalue weighted by Crippen LogP contribution is -2.07. The van der Waals surface area contributed by atoms with Gasteiger partial charge in [-0.05, 0) is 12.3 Å². The number of thioether (sulfide) groups is 1. The van der Waals surface area contributed by atoms with Crippen LogP contribution in [0.2, 0.25) is 0 Å². The molecule has 82 valence electrons. The van der Waals surface area contributed by atoms with E-state index in [9.17, 15) is 23.3 Å². The summed E-state index contributed by atoms with van der Waals surface area (Å²) < 4.78 is 37.3. The molecular formula is C8H6F3NO2S. The van der Waals surface area contributed by atoms with Gasteiger partial charge in [0.1, 0.15) is 0 Å². The molecule has 0 aliphatic rings. The lowest BCUT2D eigenvalue weighted by atomic mass is 10.2.